The zero-order valence-electron chi connectivity index (χ0n) is 16.6. The van der Waals surface area contributed by atoms with E-state index < -0.39 is 0 Å². The van der Waals surface area contributed by atoms with Crippen molar-refractivity contribution in [2.45, 2.75) is 26.0 Å². The molecule has 1 aliphatic heterocycles. The molecule has 8 heteroatoms. The van der Waals surface area contributed by atoms with E-state index in [0.717, 1.165) is 22.6 Å². The number of anilines is 1. The first-order chi connectivity index (χ1) is 14.0. The molecular formula is C21H23N5O2S. The van der Waals surface area contributed by atoms with E-state index in [1.54, 1.807) is 34.9 Å². The highest BCUT2D eigenvalue weighted by atomic mass is 32.2. The predicted molar refractivity (Wildman–Crippen MR) is 114 cm³/mol. The maximum atomic E-state index is 12.4. The van der Waals surface area contributed by atoms with Gasteiger partial charge in [-0.15, -0.1) is 11.8 Å². The normalized spacial score (nSPS) is 16.3. The van der Waals surface area contributed by atoms with Gasteiger partial charge in [-0.25, -0.2) is 9.97 Å². The maximum absolute atomic E-state index is 12.4. The molecule has 1 aromatic carbocycles. The molecule has 1 unspecified atom stereocenters. The van der Waals surface area contributed by atoms with Gasteiger partial charge in [-0.3, -0.25) is 4.79 Å². The Morgan fingerprint density at radius 2 is 2.07 bits per heavy atom. The molecule has 0 radical (unpaired) electrons. The van der Waals surface area contributed by atoms with Crippen molar-refractivity contribution < 1.29 is 9.53 Å². The molecule has 4 rings (SSSR count). The summed E-state index contributed by atoms with van der Waals surface area (Å²) in [6, 6.07) is 9.82. The number of fused-ring (bicyclic) bond motifs is 1. The standard InChI is InChI=1S/C21H23N5O2S/c1-13(2)11-28-16-7-4-6-15(10-16)19-18-14(3)25-26(21-22-8-5-9-23-21)20(18)24-17(27)12-29-19/h4-10,13,19H,11-12H2,1-3H3,(H,24,27). The zero-order valence-corrected chi connectivity index (χ0v) is 17.4. The van der Waals surface area contributed by atoms with E-state index in [2.05, 4.69) is 46.4 Å². The van der Waals surface area contributed by atoms with E-state index in [9.17, 15) is 4.79 Å². The number of nitrogens with zero attached hydrogens (tertiary/aromatic N) is 4. The number of carbonyl (C=O) groups excluding carboxylic acids is 1. The number of nitrogens with one attached hydrogen (secondary N) is 1. The third kappa shape index (κ3) is 4.12. The summed E-state index contributed by atoms with van der Waals surface area (Å²) < 4.78 is 7.52. The average molecular weight is 410 g/mol. The molecule has 0 aliphatic carbocycles. The quantitative estimate of drug-likeness (QED) is 0.691. The summed E-state index contributed by atoms with van der Waals surface area (Å²) in [6.07, 6.45) is 3.32. The van der Waals surface area contributed by atoms with E-state index >= 15 is 0 Å². The summed E-state index contributed by atoms with van der Waals surface area (Å²) in [6.45, 7) is 6.85. The second kappa shape index (κ2) is 8.24. The van der Waals surface area contributed by atoms with Crippen LogP contribution in [0.5, 0.6) is 5.75 Å². The molecule has 3 heterocycles. The maximum Gasteiger partial charge on any atom is 0.252 e. The Hall–Kier alpha value is -2.87. The molecule has 1 amide bonds. The number of aromatic nitrogens is 4. The van der Waals surface area contributed by atoms with Gasteiger partial charge in [-0.1, -0.05) is 26.0 Å². The van der Waals surface area contributed by atoms with Crippen LogP contribution < -0.4 is 10.1 Å². The number of hydrogen-bond donors (Lipinski definition) is 1. The number of benzene rings is 1. The molecule has 0 saturated heterocycles. The number of hydrogen-bond acceptors (Lipinski definition) is 6. The minimum Gasteiger partial charge on any atom is -0.493 e. The lowest BCUT2D eigenvalue weighted by atomic mass is 10.0. The minimum atomic E-state index is -0.0666. The molecule has 29 heavy (non-hydrogen) atoms. The third-order valence-corrected chi connectivity index (χ3v) is 5.76. The molecule has 1 N–H and O–H groups in total. The van der Waals surface area contributed by atoms with Gasteiger partial charge >= 0.3 is 0 Å². The van der Waals surface area contributed by atoms with Gasteiger partial charge in [0.05, 0.1) is 23.3 Å². The van der Waals surface area contributed by atoms with Crippen molar-refractivity contribution >= 4 is 23.5 Å². The van der Waals surface area contributed by atoms with Gasteiger partial charge in [0.15, 0.2) is 0 Å². The van der Waals surface area contributed by atoms with Crippen LogP contribution in [0.2, 0.25) is 0 Å². The fourth-order valence-corrected chi connectivity index (χ4v) is 4.40. The summed E-state index contributed by atoms with van der Waals surface area (Å²) in [7, 11) is 0. The van der Waals surface area contributed by atoms with Crippen molar-refractivity contribution in [1.29, 1.82) is 0 Å². The van der Waals surface area contributed by atoms with Crippen LogP contribution in [0.3, 0.4) is 0 Å². The number of carbonyl (C=O) groups is 1. The Morgan fingerprint density at radius 3 is 2.83 bits per heavy atom. The topological polar surface area (TPSA) is 81.9 Å². The molecule has 150 valence electrons. The van der Waals surface area contributed by atoms with Crippen LogP contribution in [-0.4, -0.2) is 38.0 Å². The Labute approximate surface area is 173 Å². The van der Waals surface area contributed by atoms with E-state index in [-0.39, 0.29) is 11.2 Å². The van der Waals surface area contributed by atoms with Gasteiger partial charge < -0.3 is 10.1 Å². The molecule has 0 bridgehead atoms. The second-order valence-corrected chi connectivity index (χ2v) is 8.42. The first-order valence-electron chi connectivity index (χ1n) is 9.54. The van der Waals surface area contributed by atoms with Gasteiger partial charge in [-0.2, -0.15) is 9.78 Å². The minimum absolute atomic E-state index is 0.0518. The summed E-state index contributed by atoms with van der Waals surface area (Å²) in [5.41, 5.74) is 2.88. The predicted octanol–water partition coefficient (Wildman–Crippen LogP) is 3.78. The van der Waals surface area contributed by atoms with Crippen LogP contribution in [0.25, 0.3) is 5.95 Å². The molecule has 0 saturated carbocycles. The van der Waals surface area contributed by atoms with Crippen molar-refractivity contribution in [3.63, 3.8) is 0 Å². The van der Waals surface area contributed by atoms with Crippen LogP contribution in [0.1, 0.15) is 35.9 Å². The molecule has 2 aromatic heterocycles. The summed E-state index contributed by atoms with van der Waals surface area (Å²) in [5, 5.41) is 7.57. The van der Waals surface area contributed by atoms with Gasteiger partial charge in [0.25, 0.3) is 5.95 Å². The Balaban J connectivity index is 1.77. The van der Waals surface area contributed by atoms with E-state index in [1.165, 1.54) is 0 Å². The van der Waals surface area contributed by atoms with Crippen LogP contribution in [-0.2, 0) is 4.79 Å². The van der Waals surface area contributed by atoms with Gasteiger partial charge in [-0.05, 0) is 36.6 Å². The fourth-order valence-electron chi connectivity index (χ4n) is 3.22. The smallest absolute Gasteiger partial charge is 0.252 e. The monoisotopic (exact) mass is 409 g/mol. The first kappa shape index (κ1) is 19.4. The summed E-state index contributed by atoms with van der Waals surface area (Å²) in [4.78, 5) is 21.0. The first-order valence-corrected chi connectivity index (χ1v) is 10.6. The van der Waals surface area contributed by atoms with Crippen LogP contribution in [0, 0.1) is 12.8 Å². The van der Waals surface area contributed by atoms with Gasteiger partial charge in [0.1, 0.15) is 11.6 Å². The number of thioether (sulfide) groups is 1. The van der Waals surface area contributed by atoms with Crippen LogP contribution in [0.4, 0.5) is 5.82 Å². The lowest BCUT2D eigenvalue weighted by Gasteiger charge is -2.17. The lowest BCUT2D eigenvalue weighted by molar-refractivity contribution is -0.113. The molecule has 1 atom stereocenters. The fraction of sp³-hybridized carbons (Fsp3) is 0.333. The third-order valence-electron chi connectivity index (χ3n) is 4.49. The highest BCUT2D eigenvalue weighted by molar-refractivity contribution is 8.00. The van der Waals surface area contributed by atoms with Gasteiger partial charge in [0, 0.05) is 18.0 Å². The number of aryl methyl sites for hydroxylation is 1. The molecule has 3 aromatic rings. The molecule has 1 aliphatic rings. The number of rotatable bonds is 5. The van der Waals surface area contributed by atoms with Crippen molar-refractivity contribution in [2.75, 3.05) is 17.7 Å². The van der Waals surface area contributed by atoms with E-state index in [1.807, 2.05) is 19.1 Å². The van der Waals surface area contributed by atoms with Gasteiger partial charge in [0.2, 0.25) is 5.91 Å². The van der Waals surface area contributed by atoms with Crippen molar-refractivity contribution in [3.8, 4) is 11.7 Å². The number of ether oxygens (including phenoxy) is 1. The molecule has 0 spiro atoms. The Bertz CT molecular complexity index is 1020. The molecule has 0 fully saturated rings. The highest BCUT2D eigenvalue weighted by Crippen LogP contribution is 2.44. The largest absolute Gasteiger partial charge is 0.493 e. The SMILES string of the molecule is Cc1nn(-c2ncccn2)c2c1C(c1cccc(OCC(C)C)c1)SCC(=O)N2. The van der Waals surface area contributed by atoms with E-state index in [0.29, 0.717) is 30.0 Å². The average Bonchev–Trinajstić information content (AvgIpc) is 2.92. The van der Waals surface area contributed by atoms with Crippen LogP contribution >= 0.6 is 11.8 Å². The van der Waals surface area contributed by atoms with Crippen molar-refractivity contribution in [2.24, 2.45) is 5.92 Å². The number of amides is 1. The van der Waals surface area contributed by atoms with E-state index in [4.69, 9.17) is 4.74 Å². The Morgan fingerprint density at radius 1 is 1.28 bits per heavy atom. The Kier molecular flexibility index (Phi) is 5.53. The second-order valence-electron chi connectivity index (χ2n) is 7.32. The lowest BCUT2D eigenvalue weighted by Crippen LogP contribution is -2.16. The molecular weight excluding hydrogens is 386 g/mol. The van der Waals surface area contributed by atoms with Crippen molar-refractivity contribution in [3.05, 3.63) is 59.5 Å². The zero-order chi connectivity index (χ0) is 20.4. The molecule has 7 nitrogen and oxygen atoms in total. The summed E-state index contributed by atoms with van der Waals surface area (Å²) in [5.74, 6) is 2.62. The summed E-state index contributed by atoms with van der Waals surface area (Å²) >= 11 is 1.58. The van der Waals surface area contributed by atoms with Crippen molar-refractivity contribution in [1.82, 2.24) is 19.7 Å². The highest BCUT2D eigenvalue weighted by Gasteiger charge is 2.31. The van der Waals surface area contributed by atoms with Crippen LogP contribution in [0.15, 0.2) is 42.7 Å².